The minimum atomic E-state index is -2.87. The van der Waals surface area contributed by atoms with Crippen LogP contribution in [0.2, 0.25) is 0 Å². The number of nitrogens with one attached hydrogen (secondary N) is 2. The number of anilines is 2. The predicted molar refractivity (Wildman–Crippen MR) is 172 cm³/mol. The van der Waals surface area contributed by atoms with Crippen LogP contribution < -0.4 is 21.3 Å². The van der Waals surface area contributed by atoms with E-state index in [1.807, 2.05) is 0 Å². The summed E-state index contributed by atoms with van der Waals surface area (Å²) < 4.78 is 0. The number of rotatable bonds is 8. The van der Waals surface area contributed by atoms with Crippen molar-refractivity contribution in [2.75, 3.05) is 38.4 Å². The van der Waals surface area contributed by atoms with Gasteiger partial charge in [0, 0.05) is 43.2 Å². The van der Waals surface area contributed by atoms with Gasteiger partial charge < -0.3 is 51.9 Å². The molecule has 0 radical (unpaired) electrons. The summed E-state index contributed by atoms with van der Waals surface area (Å²) in [7, 11) is 6.84. The number of carbonyl (C=O) groups is 4. The molecule has 0 bridgehead atoms. The fourth-order valence-electron chi connectivity index (χ4n) is 7.24. The Labute approximate surface area is 275 Å². The number of aliphatic hydroxyl groups excluding tert-OH is 2. The van der Waals surface area contributed by atoms with Crippen molar-refractivity contribution in [3.05, 3.63) is 75.3 Å². The van der Waals surface area contributed by atoms with Crippen molar-refractivity contribution in [3.8, 4) is 5.75 Å². The molecule has 3 aliphatic carbocycles. The molecular formula is C33H39N5O10. The molecule has 0 aliphatic heterocycles. The van der Waals surface area contributed by atoms with E-state index < -0.39 is 82.5 Å². The standard InChI is InChI=1S/C33H39N5O10/c1-37(2)20-11-16(13-35-32(45)36-17-7-5-14(6-8-17)12-33(46,47)48)26(39)22-18(20)9-15-10-19-23(28(41)21(15)27(22)40)29(42)24(31(34)44)30(43)25(19)38(3)4/h5-8,11,15,19,23,25,39,41,43,46-48H,9-10,12-13H2,1-4H3,(H2,34,44)(H2,35,36,45)/t15?,19?,23?,25-/m1/s1. The summed E-state index contributed by atoms with van der Waals surface area (Å²) in [6.45, 7) is -0.201. The first kappa shape index (κ1) is 34.4. The van der Waals surface area contributed by atoms with E-state index in [-0.39, 0.29) is 36.1 Å². The van der Waals surface area contributed by atoms with E-state index >= 15 is 0 Å². The fourth-order valence-corrected chi connectivity index (χ4v) is 7.24. The third-order valence-electron chi connectivity index (χ3n) is 9.20. The zero-order valence-corrected chi connectivity index (χ0v) is 26.8. The number of phenolic OH excluding ortho intramolecular Hbond substituents is 1. The number of primary amides is 1. The molecule has 15 nitrogen and oxygen atoms in total. The third-order valence-corrected chi connectivity index (χ3v) is 9.20. The van der Waals surface area contributed by atoms with Gasteiger partial charge in [-0.25, -0.2) is 4.79 Å². The highest BCUT2D eigenvalue weighted by molar-refractivity contribution is 6.22. The number of Topliss-reactive ketones (excluding diaryl/α,β-unsaturated/α-hetero) is 2. The average Bonchev–Trinajstić information content (AvgIpc) is 2.96. The van der Waals surface area contributed by atoms with Crippen LogP contribution in [0.1, 0.15) is 33.5 Å². The first-order chi connectivity index (χ1) is 22.4. The number of amides is 3. The van der Waals surface area contributed by atoms with E-state index in [1.54, 1.807) is 44.1 Å². The molecule has 5 rings (SSSR count). The Morgan fingerprint density at radius 2 is 1.65 bits per heavy atom. The zero-order valence-electron chi connectivity index (χ0n) is 26.8. The number of hydrogen-bond acceptors (Lipinski definition) is 12. The van der Waals surface area contributed by atoms with Crippen molar-refractivity contribution in [2.45, 2.75) is 37.8 Å². The van der Waals surface area contributed by atoms with Crippen molar-refractivity contribution in [2.24, 2.45) is 23.5 Å². The van der Waals surface area contributed by atoms with Crippen LogP contribution in [-0.2, 0) is 29.0 Å². The molecule has 2 aromatic rings. The normalized spacial score (nSPS) is 22.2. The van der Waals surface area contributed by atoms with Crippen molar-refractivity contribution in [1.82, 2.24) is 10.2 Å². The molecule has 2 aromatic carbocycles. The number of nitrogens with two attached hydrogens (primary N) is 1. The van der Waals surface area contributed by atoms with Crippen molar-refractivity contribution >= 4 is 34.9 Å². The molecular weight excluding hydrogens is 626 g/mol. The van der Waals surface area contributed by atoms with Gasteiger partial charge in [0.2, 0.25) is 0 Å². The summed E-state index contributed by atoms with van der Waals surface area (Å²) in [6, 6.07) is 6.14. The topological polar surface area (TPSA) is 246 Å². The molecule has 0 saturated carbocycles. The zero-order chi connectivity index (χ0) is 35.4. The lowest BCUT2D eigenvalue weighted by Crippen LogP contribution is -2.53. The molecule has 0 fully saturated rings. The van der Waals surface area contributed by atoms with Gasteiger partial charge in [-0.1, -0.05) is 12.1 Å². The lowest BCUT2D eigenvalue weighted by atomic mass is 9.60. The number of allylic oxidation sites excluding steroid dienone is 2. The van der Waals surface area contributed by atoms with Crippen molar-refractivity contribution in [1.29, 1.82) is 0 Å². The Balaban J connectivity index is 1.45. The van der Waals surface area contributed by atoms with E-state index in [1.165, 1.54) is 24.3 Å². The monoisotopic (exact) mass is 665 g/mol. The second-order valence-electron chi connectivity index (χ2n) is 12.9. The number of urea groups is 1. The van der Waals surface area contributed by atoms with Crippen LogP contribution in [0.25, 0.3) is 0 Å². The third kappa shape index (κ3) is 6.20. The summed E-state index contributed by atoms with van der Waals surface area (Å²) in [6.07, 6.45) is 0.00191. The minimum absolute atomic E-state index is 0.0491. The first-order valence-corrected chi connectivity index (χ1v) is 15.2. The van der Waals surface area contributed by atoms with Crippen LogP contribution in [0.5, 0.6) is 5.75 Å². The molecule has 0 aromatic heterocycles. The van der Waals surface area contributed by atoms with E-state index in [4.69, 9.17) is 21.1 Å². The van der Waals surface area contributed by atoms with Gasteiger partial charge in [-0.2, -0.15) is 0 Å². The molecule has 3 aliphatic rings. The van der Waals surface area contributed by atoms with Gasteiger partial charge in [0.05, 0.1) is 23.9 Å². The number of fused-ring (bicyclic) bond motifs is 3. The Hall–Kier alpha value is -4.96. The Morgan fingerprint density at radius 1 is 1.00 bits per heavy atom. The number of likely N-dealkylation sites (N-methyl/N-ethyl adjacent to an activating group) is 1. The Morgan fingerprint density at radius 3 is 2.21 bits per heavy atom. The number of aliphatic hydroxyl groups is 5. The molecule has 3 amide bonds. The van der Waals surface area contributed by atoms with Crippen LogP contribution in [0.4, 0.5) is 16.2 Å². The number of nitrogens with zero attached hydrogens (tertiary/aromatic N) is 2. The van der Waals surface area contributed by atoms with Gasteiger partial charge in [0.25, 0.3) is 11.9 Å². The highest BCUT2D eigenvalue weighted by Crippen LogP contribution is 2.51. The molecule has 3 unspecified atom stereocenters. The summed E-state index contributed by atoms with van der Waals surface area (Å²) in [4.78, 5) is 55.9. The molecule has 256 valence electrons. The van der Waals surface area contributed by atoms with Gasteiger partial charge in [-0.05, 0) is 68.1 Å². The molecule has 0 heterocycles. The van der Waals surface area contributed by atoms with E-state index in [2.05, 4.69) is 10.6 Å². The molecule has 48 heavy (non-hydrogen) atoms. The van der Waals surface area contributed by atoms with Gasteiger partial charge in [-0.3, -0.25) is 19.3 Å². The Kier molecular flexibility index (Phi) is 9.01. The summed E-state index contributed by atoms with van der Waals surface area (Å²) in [5, 5.41) is 66.6. The van der Waals surface area contributed by atoms with E-state index in [9.17, 15) is 34.5 Å². The smallest absolute Gasteiger partial charge is 0.319 e. The predicted octanol–water partition coefficient (Wildman–Crippen LogP) is 0.567. The maximum atomic E-state index is 14.2. The molecule has 10 N–H and O–H groups in total. The first-order valence-electron chi connectivity index (χ1n) is 15.2. The number of phenols is 1. The quantitative estimate of drug-likeness (QED) is 0.139. The second-order valence-corrected chi connectivity index (χ2v) is 12.9. The van der Waals surface area contributed by atoms with Crippen LogP contribution in [0.15, 0.2) is 53.0 Å². The number of hydrogen-bond donors (Lipinski definition) is 9. The van der Waals surface area contributed by atoms with Gasteiger partial charge in [0.15, 0.2) is 11.6 Å². The number of benzene rings is 2. The van der Waals surface area contributed by atoms with Gasteiger partial charge in [0.1, 0.15) is 22.8 Å². The number of ketones is 2. The maximum Gasteiger partial charge on any atom is 0.319 e. The lowest BCUT2D eigenvalue weighted by molar-refractivity contribution is -0.309. The number of carbonyl (C=O) groups excluding carboxylic acids is 4. The number of aromatic hydroxyl groups is 1. The van der Waals surface area contributed by atoms with Gasteiger partial charge >= 0.3 is 6.03 Å². The lowest BCUT2D eigenvalue weighted by Gasteiger charge is -2.46. The Bertz CT molecular complexity index is 1760. The largest absolute Gasteiger partial charge is 0.511 e. The van der Waals surface area contributed by atoms with E-state index in [0.717, 1.165) is 0 Å². The molecule has 0 saturated heterocycles. The summed E-state index contributed by atoms with van der Waals surface area (Å²) in [5.74, 6) is -9.48. The molecule has 0 spiro atoms. The van der Waals surface area contributed by atoms with Crippen LogP contribution in [0, 0.1) is 17.8 Å². The summed E-state index contributed by atoms with van der Waals surface area (Å²) >= 11 is 0. The van der Waals surface area contributed by atoms with Crippen molar-refractivity contribution < 1.29 is 49.8 Å². The fraction of sp³-hybridized carbons (Fsp3) is 0.394. The minimum Gasteiger partial charge on any atom is -0.511 e. The van der Waals surface area contributed by atoms with Crippen LogP contribution in [-0.4, -0.2) is 99.2 Å². The SMILES string of the molecule is CN(C)c1cc(CNC(=O)Nc2ccc(CC(O)(O)O)cc2)c(O)c2c1CC1CC3C(C(=O)C(C(N)=O)=C(O)[C@@H]3N(C)C)C(O)=C1C2=O. The highest BCUT2D eigenvalue weighted by atomic mass is 16.7. The van der Waals surface area contributed by atoms with Crippen LogP contribution >= 0.6 is 0 Å². The molecule has 4 atom stereocenters. The molecule has 15 heteroatoms. The van der Waals surface area contributed by atoms with Gasteiger partial charge in [-0.15, -0.1) is 0 Å². The average molecular weight is 666 g/mol. The highest BCUT2D eigenvalue weighted by Gasteiger charge is 2.54. The van der Waals surface area contributed by atoms with Crippen LogP contribution in [0.3, 0.4) is 0 Å². The summed E-state index contributed by atoms with van der Waals surface area (Å²) in [5.41, 5.74) is 6.79. The second kappa shape index (κ2) is 12.6. The van der Waals surface area contributed by atoms with Crippen molar-refractivity contribution in [3.63, 3.8) is 0 Å². The maximum absolute atomic E-state index is 14.2. The van der Waals surface area contributed by atoms with E-state index in [0.29, 0.717) is 22.5 Å².